The molecule has 0 saturated heterocycles. The van der Waals surface area contributed by atoms with E-state index in [1.165, 1.54) is 6.42 Å². The lowest BCUT2D eigenvalue weighted by molar-refractivity contribution is -0.110. The number of hydrogen-bond acceptors (Lipinski definition) is 4. The van der Waals surface area contributed by atoms with Gasteiger partial charge in [-0.3, -0.25) is 9.63 Å². The molecule has 0 bridgehead atoms. The van der Waals surface area contributed by atoms with Crippen LogP contribution in [0.1, 0.15) is 32.1 Å². The Morgan fingerprint density at radius 2 is 1.86 bits per heavy atom. The predicted molar refractivity (Wildman–Crippen MR) is 85.1 cm³/mol. The summed E-state index contributed by atoms with van der Waals surface area (Å²) in [5, 5.41) is 9.25. The Morgan fingerprint density at radius 3 is 2.55 bits per heavy atom. The van der Waals surface area contributed by atoms with E-state index in [-0.39, 0.29) is 6.04 Å². The van der Waals surface area contributed by atoms with E-state index in [1.54, 1.807) is 24.3 Å². The zero-order valence-corrected chi connectivity index (χ0v) is 12.8. The lowest BCUT2D eigenvalue weighted by Crippen LogP contribution is -2.35. The van der Waals surface area contributed by atoms with Crippen LogP contribution in [0.4, 0.5) is 10.5 Å². The highest BCUT2D eigenvalue weighted by Gasteiger charge is 2.16. The Hall–Kier alpha value is -2.08. The first-order valence-corrected chi connectivity index (χ1v) is 7.59. The zero-order valence-electron chi connectivity index (χ0n) is 12.0. The number of halogens is 1. The van der Waals surface area contributed by atoms with Crippen molar-refractivity contribution >= 4 is 35.5 Å². The van der Waals surface area contributed by atoms with E-state index in [0.29, 0.717) is 10.7 Å². The summed E-state index contributed by atoms with van der Waals surface area (Å²) in [7, 11) is 0. The van der Waals surface area contributed by atoms with E-state index in [4.69, 9.17) is 11.6 Å². The number of rotatable bonds is 4. The number of nitrogens with zero attached hydrogens (tertiary/aromatic N) is 1. The van der Waals surface area contributed by atoms with Crippen molar-refractivity contribution in [3.05, 3.63) is 29.3 Å². The molecule has 1 aromatic rings. The largest absolute Gasteiger partial charge is 0.433 e. The molecule has 1 aromatic carbocycles. The maximum atomic E-state index is 11.6. The second-order valence-corrected chi connectivity index (χ2v) is 5.53. The monoisotopic (exact) mass is 323 g/mol. The highest BCUT2D eigenvalue weighted by atomic mass is 35.5. The molecule has 0 atom stereocenters. The van der Waals surface area contributed by atoms with Crippen LogP contribution in [0.15, 0.2) is 29.4 Å². The number of nitrogens with one attached hydrogen (secondary N) is 2. The van der Waals surface area contributed by atoms with E-state index in [0.717, 1.165) is 31.9 Å². The number of hydrogen-bond donors (Lipinski definition) is 2. The van der Waals surface area contributed by atoms with Crippen molar-refractivity contribution in [2.45, 2.75) is 38.1 Å². The van der Waals surface area contributed by atoms with Gasteiger partial charge in [0.1, 0.15) is 6.21 Å². The predicted octanol–water partition coefficient (Wildman–Crippen LogP) is 3.32. The maximum Gasteiger partial charge on any atom is 0.433 e. The topological polar surface area (TPSA) is 79.8 Å². The Bertz CT molecular complexity index is 539. The van der Waals surface area contributed by atoms with Gasteiger partial charge in [0.05, 0.1) is 0 Å². The van der Waals surface area contributed by atoms with Gasteiger partial charge in [-0.2, -0.15) is 0 Å². The van der Waals surface area contributed by atoms with Crippen molar-refractivity contribution in [1.29, 1.82) is 0 Å². The van der Waals surface area contributed by atoms with E-state index in [2.05, 4.69) is 20.6 Å². The first-order valence-electron chi connectivity index (χ1n) is 7.21. The fourth-order valence-corrected chi connectivity index (χ4v) is 2.40. The minimum Gasteiger partial charge on any atom is -0.321 e. The molecule has 1 fully saturated rings. The molecule has 0 heterocycles. The minimum absolute atomic E-state index is 0.138. The van der Waals surface area contributed by atoms with Crippen molar-refractivity contribution in [1.82, 2.24) is 5.32 Å². The lowest BCUT2D eigenvalue weighted by Gasteiger charge is -2.21. The van der Waals surface area contributed by atoms with Crippen LogP contribution in [0.3, 0.4) is 0 Å². The van der Waals surface area contributed by atoms with Gasteiger partial charge in [-0.05, 0) is 37.1 Å². The smallest absolute Gasteiger partial charge is 0.321 e. The Labute approximate surface area is 133 Å². The zero-order chi connectivity index (χ0) is 15.8. The number of carbonyl (C=O) groups is 2. The van der Waals surface area contributed by atoms with E-state index < -0.39 is 12.0 Å². The van der Waals surface area contributed by atoms with Crippen molar-refractivity contribution in [2.24, 2.45) is 5.16 Å². The summed E-state index contributed by atoms with van der Waals surface area (Å²) in [6, 6.07) is 6.76. The van der Waals surface area contributed by atoms with Crippen molar-refractivity contribution in [3.8, 4) is 0 Å². The van der Waals surface area contributed by atoms with Gasteiger partial charge >= 0.3 is 6.09 Å². The van der Waals surface area contributed by atoms with Gasteiger partial charge in [0.15, 0.2) is 0 Å². The number of oxime groups is 1. The summed E-state index contributed by atoms with van der Waals surface area (Å²) in [6.07, 6.45) is 5.61. The van der Waals surface area contributed by atoms with Crippen LogP contribution in [0.25, 0.3) is 0 Å². The number of amides is 2. The maximum absolute atomic E-state index is 11.6. The summed E-state index contributed by atoms with van der Waals surface area (Å²) in [5.74, 6) is -0.493. The molecule has 1 aliphatic carbocycles. The van der Waals surface area contributed by atoms with Crippen molar-refractivity contribution in [2.75, 3.05) is 5.32 Å². The van der Waals surface area contributed by atoms with Gasteiger partial charge < -0.3 is 10.6 Å². The van der Waals surface area contributed by atoms with Crippen LogP contribution in [-0.4, -0.2) is 24.3 Å². The van der Waals surface area contributed by atoms with E-state index >= 15 is 0 Å². The second kappa shape index (κ2) is 8.38. The average molecular weight is 324 g/mol. The fraction of sp³-hybridized carbons (Fsp3) is 0.400. The van der Waals surface area contributed by atoms with Gasteiger partial charge in [0.25, 0.3) is 5.91 Å². The van der Waals surface area contributed by atoms with Gasteiger partial charge in [-0.1, -0.05) is 36.0 Å². The van der Waals surface area contributed by atoms with Crippen molar-refractivity contribution in [3.63, 3.8) is 0 Å². The average Bonchev–Trinajstić information content (AvgIpc) is 2.50. The standard InChI is InChI=1S/C15H18ClN3O3/c16-11-6-8-13(9-7-11)18-14(20)10-17-22-15(21)19-12-4-2-1-3-5-12/h6-10,12H,1-5H2,(H,18,20)(H,19,21)/b17-10+. The molecule has 0 unspecified atom stereocenters. The molecule has 0 spiro atoms. The first kappa shape index (κ1) is 16.3. The number of benzene rings is 1. The van der Waals surface area contributed by atoms with Gasteiger partial charge in [0, 0.05) is 16.8 Å². The lowest BCUT2D eigenvalue weighted by atomic mass is 9.96. The van der Waals surface area contributed by atoms with Crippen LogP contribution in [-0.2, 0) is 9.63 Å². The Balaban J connectivity index is 1.70. The summed E-state index contributed by atoms with van der Waals surface area (Å²) >= 11 is 5.74. The SMILES string of the molecule is O=C(/C=N/OC(=O)NC1CCCCC1)Nc1ccc(Cl)cc1. The summed E-state index contributed by atoms with van der Waals surface area (Å²) in [5.41, 5.74) is 0.576. The van der Waals surface area contributed by atoms with Crippen LogP contribution < -0.4 is 10.6 Å². The van der Waals surface area contributed by atoms with Gasteiger partial charge in [0.2, 0.25) is 0 Å². The Morgan fingerprint density at radius 1 is 1.18 bits per heavy atom. The molecule has 7 heteroatoms. The molecular weight excluding hydrogens is 306 g/mol. The Kier molecular flexibility index (Phi) is 6.21. The molecule has 0 aliphatic heterocycles. The highest BCUT2D eigenvalue weighted by molar-refractivity contribution is 6.32. The van der Waals surface area contributed by atoms with E-state index in [1.807, 2.05) is 0 Å². The van der Waals surface area contributed by atoms with Crippen LogP contribution >= 0.6 is 11.6 Å². The molecular formula is C15H18ClN3O3. The molecule has 2 rings (SSSR count). The summed E-state index contributed by atoms with van der Waals surface area (Å²) < 4.78 is 0. The second-order valence-electron chi connectivity index (χ2n) is 5.09. The molecule has 0 aromatic heterocycles. The van der Waals surface area contributed by atoms with Crippen LogP contribution in [0.2, 0.25) is 5.02 Å². The summed E-state index contributed by atoms with van der Waals surface area (Å²) in [4.78, 5) is 27.7. The molecule has 0 radical (unpaired) electrons. The molecule has 2 N–H and O–H groups in total. The molecule has 2 amide bonds. The molecule has 22 heavy (non-hydrogen) atoms. The summed E-state index contributed by atoms with van der Waals surface area (Å²) in [6.45, 7) is 0. The molecule has 1 saturated carbocycles. The fourth-order valence-electron chi connectivity index (χ4n) is 2.27. The third-order valence-corrected chi connectivity index (χ3v) is 3.60. The van der Waals surface area contributed by atoms with Gasteiger partial charge in [-0.15, -0.1) is 0 Å². The molecule has 118 valence electrons. The number of anilines is 1. The normalized spacial score (nSPS) is 15.5. The highest BCUT2D eigenvalue weighted by Crippen LogP contribution is 2.17. The van der Waals surface area contributed by atoms with Crippen LogP contribution in [0.5, 0.6) is 0 Å². The van der Waals surface area contributed by atoms with Crippen LogP contribution in [0, 0.1) is 0 Å². The first-order chi connectivity index (χ1) is 10.6. The molecule has 6 nitrogen and oxygen atoms in total. The molecule has 1 aliphatic rings. The van der Waals surface area contributed by atoms with Gasteiger partial charge in [-0.25, -0.2) is 4.79 Å². The minimum atomic E-state index is -0.637. The van der Waals surface area contributed by atoms with Crippen molar-refractivity contribution < 1.29 is 14.4 Å². The quantitative estimate of drug-likeness (QED) is 0.506. The number of carbonyl (C=O) groups excluding carboxylic acids is 2. The third-order valence-electron chi connectivity index (χ3n) is 3.34. The van der Waals surface area contributed by atoms with E-state index in [9.17, 15) is 9.59 Å². The third kappa shape index (κ3) is 5.73.